The Morgan fingerprint density at radius 3 is 2.60 bits per heavy atom. The zero-order chi connectivity index (χ0) is 14.6. The van der Waals surface area contributed by atoms with Crippen LogP contribution in [0.1, 0.15) is 46.1 Å². The zero-order valence-electron chi connectivity index (χ0n) is 13.4. The predicted octanol–water partition coefficient (Wildman–Crippen LogP) is 3.45. The van der Waals surface area contributed by atoms with Gasteiger partial charge in [-0.25, -0.2) is 4.98 Å². The largest absolute Gasteiger partial charge is 0.357 e. The molecule has 1 aliphatic heterocycles. The smallest absolute Gasteiger partial charge is 0.128 e. The molecule has 112 valence electrons. The van der Waals surface area contributed by atoms with Crippen molar-refractivity contribution in [2.45, 2.75) is 47.1 Å². The van der Waals surface area contributed by atoms with Gasteiger partial charge in [-0.15, -0.1) is 0 Å². The van der Waals surface area contributed by atoms with E-state index in [0.29, 0.717) is 5.41 Å². The van der Waals surface area contributed by atoms with Gasteiger partial charge in [0.2, 0.25) is 0 Å². The summed E-state index contributed by atoms with van der Waals surface area (Å²) in [4.78, 5) is 7.00. The first-order chi connectivity index (χ1) is 9.50. The van der Waals surface area contributed by atoms with Crippen molar-refractivity contribution in [3.8, 4) is 0 Å². The van der Waals surface area contributed by atoms with Crippen LogP contribution in [0.25, 0.3) is 0 Å². The van der Waals surface area contributed by atoms with Crippen LogP contribution < -0.4 is 10.2 Å². The standard InChI is InChI=1S/C17H29N3/c1-5-18-13-14-6-9-19-16(12-14)20-10-7-15(8-11-20)17(2,3)4/h6,9,12,15,18H,5,7-8,10-11,13H2,1-4H3. The Hall–Kier alpha value is -1.09. The average Bonchev–Trinajstić information content (AvgIpc) is 2.45. The van der Waals surface area contributed by atoms with E-state index in [2.05, 4.69) is 55.0 Å². The molecule has 0 radical (unpaired) electrons. The van der Waals surface area contributed by atoms with Crippen LogP contribution in [0.15, 0.2) is 18.3 Å². The number of hydrogen-bond acceptors (Lipinski definition) is 3. The number of aromatic nitrogens is 1. The molecule has 1 aliphatic rings. The van der Waals surface area contributed by atoms with Crippen LogP contribution in [0.3, 0.4) is 0 Å². The molecule has 2 rings (SSSR count). The highest BCUT2D eigenvalue weighted by molar-refractivity contribution is 5.41. The second-order valence-electron chi connectivity index (χ2n) is 6.93. The molecule has 0 aromatic carbocycles. The van der Waals surface area contributed by atoms with Gasteiger partial charge < -0.3 is 10.2 Å². The van der Waals surface area contributed by atoms with Gasteiger partial charge in [-0.05, 0) is 48.4 Å². The van der Waals surface area contributed by atoms with E-state index in [-0.39, 0.29) is 0 Å². The summed E-state index contributed by atoms with van der Waals surface area (Å²) in [5.41, 5.74) is 1.77. The summed E-state index contributed by atoms with van der Waals surface area (Å²) in [6.07, 6.45) is 4.50. The van der Waals surface area contributed by atoms with E-state index < -0.39 is 0 Å². The lowest BCUT2D eigenvalue weighted by Crippen LogP contribution is -2.38. The maximum absolute atomic E-state index is 4.56. The maximum atomic E-state index is 4.56. The molecule has 3 heteroatoms. The van der Waals surface area contributed by atoms with E-state index in [1.165, 1.54) is 18.4 Å². The lowest BCUT2D eigenvalue weighted by atomic mass is 9.75. The fourth-order valence-electron chi connectivity index (χ4n) is 2.99. The molecule has 2 heterocycles. The van der Waals surface area contributed by atoms with Crippen molar-refractivity contribution in [3.63, 3.8) is 0 Å². The van der Waals surface area contributed by atoms with Gasteiger partial charge in [0.1, 0.15) is 5.82 Å². The van der Waals surface area contributed by atoms with Gasteiger partial charge in [-0.3, -0.25) is 0 Å². The average molecular weight is 275 g/mol. The molecule has 0 spiro atoms. The first kappa shape index (κ1) is 15.3. The Bertz CT molecular complexity index is 414. The summed E-state index contributed by atoms with van der Waals surface area (Å²) >= 11 is 0. The summed E-state index contributed by atoms with van der Waals surface area (Å²) in [5.74, 6) is 1.98. The number of nitrogens with zero attached hydrogens (tertiary/aromatic N) is 2. The number of anilines is 1. The highest BCUT2D eigenvalue weighted by atomic mass is 15.2. The van der Waals surface area contributed by atoms with Crippen LogP contribution >= 0.6 is 0 Å². The zero-order valence-corrected chi connectivity index (χ0v) is 13.4. The third-order valence-electron chi connectivity index (χ3n) is 4.43. The lowest BCUT2D eigenvalue weighted by molar-refractivity contribution is 0.198. The van der Waals surface area contributed by atoms with Gasteiger partial charge in [-0.1, -0.05) is 27.7 Å². The van der Waals surface area contributed by atoms with Gasteiger partial charge in [0.05, 0.1) is 0 Å². The molecular formula is C17H29N3. The molecule has 0 atom stereocenters. The summed E-state index contributed by atoms with van der Waals surface area (Å²) in [7, 11) is 0. The van der Waals surface area contributed by atoms with E-state index in [1.807, 2.05) is 6.20 Å². The van der Waals surface area contributed by atoms with E-state index in [0.717, 1.165) is 37.9 Å². The lowest BCUT2D eigenvalue weighted by Gasteiger charge is -2.39. The van der Waals surface area contributed by atoms with Crippen molar-refractivity contribution in [3.05, 3.63) is 23.9 Å². The van der Waals surface area contributed by atoms with Crippen LogP contribution in [-0.4, -0.2) is 24.6 Å². The fourth-order valence-corrected chi connectivity index (χ4v) is 2.99. The number of rotatable bonds is 4. The van der Waals surface area contributed by atoms with Crippen molar-refractivity contribution >= 4 is 5.82 Å². The summed E-state index contributed by atoms with van der Waals surface area (Å²) in [5, 5.41) is 3.38. The highest BCUT2D eigenvalue weighted by Gasteiger charge is 2.29. The Morgan fingerprint density at radius 2 is 2.00 bits per heavy atom. The third kappa shape index (κ3) is 3.95. The van der Waals surface area contributed by atoms with Gasteiger partial charge in [0.15, 0.2) is 0 Å². The quantitative estimate of drug-likeness (QED) is 0.912. The molecule has 1 N–H and O–H groups in total. The highest BCUT2D eigenvalue weighted by Crippen LogP contribution is 2.35. The molecule has 0 aliphatic carbocycles. The van der Waals surface area contributed by atoms with Gasteiger partial charge >= 0.3 is 0 Å². The molecule has 1 saturated heterocycles. The van der Waals surface area contributed by atoms with E-state index in [1.54, 1.807) is 0 Å². The Morgan fingerprint density at radius 1 is 1.30 bits per heavy atom. The van der Waals surface area contributed by atoms with E-state index >= 15 is 0 Å². The molecule has 1 fully saturated rings. The van der Waals surface area contributed by atoms with Crippen LogP contribution in [-0.2, 0) is 6.54 Å². The number of piperidine rings is 1. The Labute approximate surface area is 123 Å². The normalized spacial score (nSPS) is 17.5. The van der Waals surface area contributed by atoms with Crippen molar-refractivity contribution < 1.29 is 0 Å². The fraction of sp³-hybridized carbons (Fsp3) is 0.706. The number of hydrogen-bond donors (Lipinski definition) is 1. The second kappa shape index (κ2) is 6.57. The summed E-state index contributed by atoms with van der Waals surface area (Å²) in [6, 6.07) is 4.34. The van der Waals surface area contributed by atoms with Crippen molar-refractivity contribution in [1.82, 2.24) is 10.3 Å². The molecule has 1 aromatic rings. The van der Waals surface area contributed by atoms with Crippen LogP contribution in [0.4, 0.5) is 5.82 Å². The van der Waals surface area contributed by atoms with Gasteiger partial charge in [0, 0.05) is 25.8 Å². The van der Waals surface area contributed by atoms with Crippen molar-refractivity contribution in [2.24, 2.45) is 11.3 Å². The van der Waals surface area contributed by atoms with E-state index in [4.69, 9.17) is 0 Å². The van der Waals surface area contributed by atoms with Crippen LogP contribution in [0.5, 0.6) is 0 Å². The van der Waals surface area contributed by atoms with Crippen molar-refractivity contribution in [1.29, 1.82) is 0 Å². The molecule has 1 aromatic heterocycles. The topological polar surface area (TPSA) is 28.2 Å². The first-order valence-corrected chi connectivity index (χ1v) is 7.91. The van der Waals surface area contributed by atoms with Crippen molar-refractivity contribution in [2.75, 3.05) is 24.5 Å². The minimum absolute atomic E-state index is 0.437. The minimum atomic E-state index is 0.437. The predicted molar refractivity (Wildman–Crippen MR) is 86.0 cm³/mol. The number of nitrogens with one attached hydrogen (secondary N) is 1. The second-order valence-corrected chi connectivity index (χ2v) is 6.93. The van der Waals surface area contributed by atoms with Crippen LogP contribution in [0.2, 0.25) is 0 Å². The minimum Gasteiger partial charge on any atom is -0.357 e. The van der Waals surface area contributed by atoms with Gasteiger partial charge in [0.25, 0.3) is 0 Å². The molecule has 0 unspecified atom stereocenters. The van der Waals surface area contributed by atoms with Gasteiger partial charge in [-0.2, -0.15) is 0 Å². The first-order valence-electron chi connectivity index (χ1n) is 7.91. The summed E-state index contributed by atoms with van der Waals surface area (Å²) < 4.78 is 0. The van der Waals surface area contributed by atoms with E-state index in [9.17, 15) is 0 Å². The van der Waals surface area contributed by atoms with Crippen LogP contribution in [0, 0.1) is 11.3 Å². The third-order valence-corrected chi connectivity index (χ3v) is 4.43. The molecule has 0 bridgehead atoms. The Kier molecular flexibility index (Phi) is 5.03. The number of pyridine rings is 1. The SMILES string of the molecule is CCNCc1ccnc(N2CCC(C(C)(C)C)CC2)c1. The maximum Gasteiger partial charge on any atom is 0.128 e. The summed E-state index contributed by atoms with van der Waals surface area (Å²) in [6.45, 7) is 13.4. The Balaban J connectivity index is 1.96. The molecule has 20 heavy (non-hydrogen) atoms. The monoisotopic (exact) mass is 275 g/mol. The molecular weight excluding hydrogens is 246 g/mol. The molecule has 0 saturated carbocycles. The molecule has 0 amide bonds. The molecule has 3 nitrogen and oxygen atoms in total.